The summed E-state index contributed by atoms with van der Waals surface area (Å²) in [7, 11) is 0. The van der Waals surface area contributed by atoms with Crippen molar-refractivity contribution in [2.75, 3.05) is 25.2 Å². The highest BCUT2D eigenvalue weighted by molar-refractivity contribution is 5.92. The summed E-state index contributed by atoms with van der Waals surface area (Å²) in [6, 6.07) is 14.2. The van der Waals surface area contributed by atoms with Gasteiger partial charge in [-0.1, -0.05) is 24.3 Å². The molecule has 0 radical (unpaired) electrons. The highest BCUT2D eigenvalue weighted by Crippen LogP contribution is 2.34. The Morgan fingerprint density at radius 1 is 1.21 bits per heavy atom. The van der Waals surface area contributed by atoms with E-state index < -0.39 is 0 Å². The van der Waals surface area contributed by atoms with Gasteiger partial charge in [0.2, 0.25) is 12.7 Å². The SMILES string of the molecule is CC1c2ccccc2CCN1CC(=O)Nc1ccc2c(c1)OCO2. The molecule has 2 aliphatic heterocycles. The van der Waals surface area contributed by atoms with Gasteiger partial charge in [0.1, 0.15) is 0 Å². The summed E-state index contributed by atoms with van der Waals surface area (Å²) in [5.74, 6) is 1.38. The zero-order valence-corrected chi connectivity index (χ0v) is 13.6. The summed E-state index contributed by atoms with van der Waals surface area (Å²) < 4.78 is 10.6. The monoisotopic (exact) mass is 324 g/mol. The minimum atomic E-state index is -0.0138. The minimum Gasteiger partial charge on any atom is -0.454 e. The van der Waals surface area contributed by atoms with Gasteiger partial charge in [0.25, 0.3) is 0 Å². The maximum Gasteiger partial charge on any atom is 0.238 e. The van der Waals surface area contributed by atoms with Crippen molar-refractivity contribution < 1.29 is 14.3 Å². The van der Waals surface area contributed by atoms with Crippen LogP contribution in [0.25, 0.3) is 0 Å². The minimum absolute atomic E-state index is 0.0138. The third kappa shape index (κ3) is 2.83. The molecule has 2 aliphatic rings. The lowest BCUT2D eigenvalue weighted by Crippen LogP contribution is -2.39. The van der Waals surface area contributed by atoms with Crippen molar-refractivity contribution in [1.29, 1.82) is 0 Å². The molecule has 0 saturated heterocycles. The van der Waals surface area contributed by atoms with Gasteiger partial charge in [0.05, 0.1) is 6.54 Å². The molecule has 5 heteroatoms. The first-order chi connectivity index (χ1) is 11.7. The molecular weight excluding hydrogens is 304 g/mol. The number of carbonyl (C=O) groups is 1. The van der Waals surface area contributed by atoms with Gasteiger partial charge in [-0.05, 0) is 36.6 Å². The molecular formula is C19H20N2O3. The molecule has 24 heavy (non-hydrogen) atoms. The lowest BCUT2D eigenvalue weighted by Gasteiger charge is -2.34. The predicted octanol–water partition coefficient (Wildman–Crippen LogP) is 2.97. The fraction of sp³-hybridized carbons (Fsp3) is 0.316. The lowest BCUT2D eigenvalue weighted by molar-refractivity contribution is -0.117. The fourth-order valence-corrected chi connectivity index (χ4v) is 3.40. The Labute approximate surface area is 141 Å². The van der Waals surface area contributed by atoms with Gasteiger partial charge in [0, 0.05) is 24.3 Å². The normalized spacial score (nSPS) is 19.0. The van der Waals surface area contributed by atoms with Crippen LogP contribution in [0.5, 0.6) is 11.5 Å². The van der Waals surface area contributed by atoms with Crippen LogP contribution in [0, 0.1) is 0 Å². The van der Waals surface area contributed by atoms with Crippen molar-refractivity contribution in [3.05, 3.63) is 53.6 Å². The molecule has 1 atom stereocenters. The molecule has 1 unspecified atom stereocenters. The average molecular weight is 324 g/mol. The first-order valence-electron chi connectivity index (χ1n) is 8.22. The van der Waals surface area contributed by atoms with E-state index in [0.717, 1.165) is 18.7 Å². The lowest BCUT2D eigenvalue weighted by atomic mass is 9.94. The van der Waals surface area contributed by atoms with Crippen LogP contribution < -0.4 is 14.8 Å². The standard InChI is InChI=1S/C19H20N2O3/c1-13-16-5-3-2-4-14(16)8-9-21(13)11-19(22)20-15-6-7-17-18(10-15)24-12-23-17/h2-7,10,13H,8-9,11-12H2,1H3,(H,20,22). The molecule has 1 N–H and O–H groups in total. The molecule has 0 spiro atoms. The van der Waals surface area contributed by atoms with Crippen molar-refractivity contribution >= 4 is 11.6 Å². The largest absolute Gasteiger partial charge is 0.454 e. The number of nitrogens with one attached hydrogen (secondary N) is 1. The number of hydrogen-bond acceptors (Lipinski definition) is 4. The fourth-order valence-electron chi connectivity index (χ4n) is 3.40. The summed E-state index contributed by atoms with van der Waals surface area (Å²) in [6.07, 6.45) is 0.984. The van der Waals surface area contributed by atoms with Gasteiger partial charge in [0.15, 0.2) is 11.5 Å². The predicted molar refractivity (Wildman–Crippen MR) is 91.3 cm³/mol. The van der Waals surface area contributed by atoms with Gasteiger partial charge in [-0.15, -0.1) is 0 Å². The van der Waals surface area contributed by atoms with E-state index in [0.29, 0.717) is 18.0 Å². The first-order valence-corrected chi connectivity index (χ1v) is 8.22. The number of ether oxygens (including phenoxy) is 2. The number of anilines is 1. The summed E-state index contributed by atoms with van der Waals surface area (Å²) >= 11 is 0. The number of nitrogens with zero attached hydrogens (tertiary/aromatic N) is 1. The molecule has 2 aromatic rings. The van der Waals surface area contributed by atoms with Crippen LogP contribution in [0.3, 0.4) is 0 Å². The number of amides is 1. The smallest absolute Gasteiger partial charge is 0.238 e. The Morgan fingerprint density at radius 2 is 2.04 bits per heavy atom. The van der Waals surface area contributed by atoms with E-state index in [4.69, 9.17) is 9.47 Å². The van der Waals surface area contributed by atoms with Gasteiger partial charge in [-0.2, -0.15) is 0 Å². The van der Waals surface area contributed by atoms with Crippen LogP contribution in [-0.4, -0.2) is 30.7 Å². The van der Waals surface area contributed by atoms with Gasteiger partial charge >= 0.3 is 0 Å². The van der Waals surface area contributed by atoms with Gasteiger partial charge < -0.3 is 14.8 Å². The zero-order chi connectivity index (χ0) is 16.5. The molecule has 0 saturated carbocycles. The van der Waals surface area contributed by atoms with E-state index in [-0.39, 0.29) is 18.7 Å². The van der Waals surface area contributed by atoms with Crippen LogP contribution in [0.1, 0.15) is 24.1 Å². The summed E-state index contributed by atoms with van der Waals surface area (Å²) in [6.45, 7) is 3.67. The van der Waals surface area contributed by atoms with Crippen molar-refractivity contribution in [3.63, 3.8) is 0 Å². The Morgan fingerprint density at radius 3 is 2.96 bits per heavy atom. The molecule has 5 nitrogen and oxygen atoms in total. The van der Waals surface area contributed by atoms with Crippen molar-refractivity contribution in [2.45, 2.75) is 19.4 Å². The van der Waals surface area contributed by atoms with Crippen molar-refractivity contribution in [1.82, 2.24) is 4.90 Å². The van der Waals surface area contributed by atoms with Crippen LogP contribution in [0.4, 0.5) is 5.69 Å². The highest BCUT2D eigenvalue weighted by atomic mass is 16.7. The number of carbonyl (C=O) groups excluding carboxylic acids is 1. The number of benzene rings is 2. The molecule has 2 heterocycles. The highest BCUT2D eigenvalue weighted by Gasteiger charge is 2.25. The molecule has 0 aromatic heterocycles. The summed E-state index contributed by atoms with van der Waals surface area (Å²) in [5, 5.41) is 2.95. The Kier molecular flexibility index (Phi) is 3.86. The van der Waals surface area contributed by atoms with Gasteiger partial charge in [-0.3, -0.25) is 9.69 Å². The quantitative estimate of drug-likeness (QED) is 0.943. The maximum absolute atomic E-state index is 12.4. The first kappa shape index (κ1) is 15.0. The van der Waals surface area contributed by atoms with E-state index in [1.807, 2.05) is 12.1 Å². The van der Waals surface area contributed by atoms with E-state index in [1.165, 1.54) is 11.1 Å². The molecule has 1 amide bonds. The summed E-state index contributed by atoms with van der Waals surface area (Å²) in [4.78, 5) is 14.6. The van der Waals surface area contributed by atoms with Crippen LogP contribution in [0.15, 0.2) is 42.5 Å². The molecule has 124 valence electrons. The molecule has 0 bridgehead atoms. The third-order valence-corrected chi connectivity index (χ3v) is 4.72. The number of hydrogen-bond donors (Lipinski definition) is 1. The second kappa shape index (κ2) is 6.17. The van der Waals surface area contributed by atoms with Crippen LogP contribution >= 0.6 is 0 Å². The van der Waals surface area contributed by atoms with Crippen LogP contribution in [-0.2, 0) is 11.2 Å². The molecule has 0 fully saturated rings. The Bertz CT molecular complexity index is 775. The van der Waals surface area contributed by atoms with E-state index in [1.54, 1.807) is 6.07 Å². The Balaban J connectivity index is 1.41. The molecule has 2 aromatic carbocycles. The molecule has 4 rings (SSSR count). The van der Waals surface area contributed by atoms with Crippen molar-refractivity contribution in [3.8, 4) is 11.5 Å². The average Bonchev–Trinajstić information content (AvgIpc) is 3.05. The maximum atomic E-state index is 12.4. The summed E-state index contributed by atoms with van der Waals surface area (Å²) in [5.41, 5.74) is 3.44. The second-order valence-corrected chi connectivity index (χ2v) is 6.21. The Hall–Kier alpha value is -2.53. The molecule has 0 aliphatic carbocycles. The zero-order valence-electron chi connectivity index (χ0n) is 13.6. The van der Waals surface area contributed by atoms with E-state index >= 15 is 0 Å². The number of rotatable bonds is 3. The van der Waals surface area contributed by atoms with Crippen LogP contribution in [0.2, 0.25) is 0 Å². The second-order valence-electron chi connectivity index (χ2n) is 6.21. The third-order valence-electron chi connectivity index (χ3n) is 4.72. The van der Waals surface area contributed by atoms with E-state index in [9.17, 15) is 4.79 Å². The van der Waals surface area contributed by atoms with E-state index in [2.05, 4.69) is 41.4 Å². The van der Waals surface area contributed by atoms with Crippen molar-refractivity contribution in [2.24, 2.45) is 0 Å². The number of fused-ring (bicyclic) bond motifs is 2. The van der Waals surface area contributed by atoms with Gasteiger partial charge in [-0.25, -0.2) is 0 Å². The topological polar surface area (TPSA) is 50.8 Å².